The number of hydrogen-bond donors (Lipinski definition) is 1. The van der Waals surface area contributed by atoms with Crippen LogP contribution >= 0.6 is 0 Å². The summed E-state index contributed by atoms with van der Waals surface area (Å²) in [6.07, 6.45) is 3.35. The van der Waals surface area contributed by atoms with E-state index in [1.54, 1.807) is 24.5 Å². The molecule has 0 fully saturated rings. The van der Waals surface area contributed by atoms with Gasteiger partial charge in [0.05, 0.1) is 7.11 Å². The summed E-state index contributed by atoms with van der Waals surface area (Å²) in [5.41, 5.74) is 6.93. The fraction of sp³-hybridized carbons (Fsp3) is 0.200. The maximum Gasteiger partial charge on any atom is 0.233 e. The maximum absolute atomic E-state index is 5.45. The van der Waals surface area contributed by atoms with E-state index in [1.807, 2.05) is 0 Å². The van der Waals surface area contributed by atoms with Crippen molar-refractivity contribution in [2.24, 2.45) is 5.73 Å². The molecule has 6 heteroatoms. The smallest absolute Gasteiger partial charge is 0.233 e. The van der Waals surface area contributed by atoms with Crippen molar-refractivity contribution < 1.29 is 4.74 Å². The van der Waals surface area contributed by atoms with Gasteiger partial charge in [-0.3, -0.25) is 0 Å². The third-order valence-electron chi connectivity index (χ3n) is 2.02. The summed E-state index contributed by atoms with van der Waals surface area (Å²) in [6.45, 7) is 0.425. The van der Waals surface area contributed by atoms with Gasteiger partial charge in [-0.05, 0) is 6.07 Å². The van der Waals surface area contributed by atoms with E-state index in [0.717, 1.165) is 5.56 Å². The minimum Gasteiger partial charge on any atom is -0.480 e. The van der Waals surface area contributed by atoms with Crippen molar-refractivity contribution in [3.05, 3.63) is 30.1 Å². The summed E-state index contributed by atoms with van der Waals surface area (Å²) in [5, 5.41) is 7.78. The van der Waals surface area contributed by atoms with E-state index < -0.39 is 0 Å². The van der Waals surface area contributed by atoms with Crippen LogP contribution in [0.5, 0.6) is 5.88 Å². The molecule has 2 N–H and O–H groups in total. The van der Waals surface area contributed by atoms with Crippen LogP contribution in [-0.4, -0.2) is 27.3 Å². The first-order valence-electron chi connectivity index (χ1n) is 4.72. The lowest BCUT2D eigenvalue weighted by Gasteiger charge is -2.00. The third kappa shape index (κ3) is 2.12. The molecule has 0 unspecified atom stereocenters. The highest BCUT2D eigenvalue weighted by atomic mass is 16.5. The average Bonchev–Trinajstić information content (AvgIpc) is 2.39. The molecule has 2 heterocycles. The lowest BCUT2D eigenvalue weighted by atomic mass is 10.3. The number of methoxy groups -OCH3 is 1. The zero-order chi connectivity index (χ0) is 11.4. The maximum atomic E-state index is 5.45. The van der Waals surface area contributed by atoms with Crippen molar-refractivity contribution in [1.82, 2.24) is 20.2 Å². The zero-order valence-corrected chi connectivity index (χ0v) is 8.79. The molecule has 2 rings (SSSR count). The molecule has 0 aliphatic carbocycles. The SMILES string of the molecule is COc1ccc(-c2ncc(CN)cn2)nn1. The Morgan fingerprint density at radius 1 is 1.19 bits per heavy atom. The van der Waals surface area contributed by atoms with E-state index in [2.05, 4.69) is 20.2 Å². The highest BCUT2D eigenvalue weighted by molar-refractivity contribution is 5.47. The van der Waals surface area contributed by atoms with Gasteiger partial charge >= 0.3 is 0 Å². The monoisotopic (exact) mass is 217 g/mol. The van der Waals surface area contributed by atoms with Crippen LogP contribution in [0.2, 0.25) is 0 Å². The Balaban J connectivity index is 2.28. The molecule has 0 saturated heterocycles. The standard InChI is InChI=1S/C10H11N5O/c1-16-9-3-2-8(14-15-9)10-12-5-7(4-11)6-13-10/h2-3,5-6H,4,11H2,1H3. The van der Waals surface area contributed by atoms with Crippen molar-refractivity contribution in [1.29, 1.82) is 0 Å². The van der Waals surface area contributed by atoms with E-state index in [0.29, 0.717) is 23.9 Å². The summed E-state index contributed by atoms with van der Waals surface area (Å²) in [6, 6.07) is 3.46. The molecule has 0 aliphatic heterocycles. The van der Waals surface area contributed by atoms with Crippen LogP contribution in [0.15, 0.2) is 24.5 Å². The Hall–Kier alpha value is -2.08. The van der Waals surface area contributed by atoms with Gasteiger partial charge in [0.15, 0.2) is 5.82 Å². The Morgan fingerprint density at radius 3 is 2.44 bits per heavy atom. The van der Waals surface area contributed by atoms with Gasteiger partial charge in [0.2, 0.25) is 5.88 Å². The molecule has 0 aliphatic rings. The first-order valence-corrected chi connectivity index (χ1v) is 4.72. The third-order valence-corrected chi connectivity index (χ3v) is 2.02. The van der Waals surface area contributed by atoms with Crippen molar-refractivity contribution in [3.8, 4) is 17.4 Å². The quantitative estimate of drug-likeness (QED) is 0.800. The fourth-order valence-electron chi connectivity index (χ4n) is 1.14. The molecule has 0 aromatic carbocycles. The lowest BCUT2D eigenvalue weighted by Crippen LogP contribution is -2.00. The minimum absolute atomic E-state index is 0.425. The second kappa shape index (κ2) is 4.63. The lowest BCUT2D eigenvalue weighted by molar-refractivity contribution is 0.392. The molecule has 0 bridgehead atoms. The summed E-state index contributed by atoms with van der Waals surface area (Å²) >= 11 is 0. The first kappa shape index (κ1) is 10.4. The number of rotatable bonds is 3. The van der Waals surface area contributed by atoms with E-state index in [9.17, 15) is 0 Å². The van der Waals surface area contributed by atoms with Gasteiger partial charge in [-0.25, -0.2) is 9.97 Å². The molecule has 0 atom stereocenters. The summed E-state index contributed by atoms with van der Waals surface area (Å²) in [5.74, 6) is 0.981. The normalized spacial score (nSPS) is 10.1. The van der Waals surface area contributed by atoms with Gasteiger partial charge < -0.3 is 10.5 Å². The van der Waals surface area contributed by atoms with Crippen LogP contribution in [0.4, 0.5) is 0 Å². The van der Waals surface area contributed by atoms with Crippen LogP contribution < -0.4 is 10.5 Å². The van der Waals surface area contributed by atoms with Crippen LogP contribution in [0, 0.1) is 0 Å². The van der Waals surface area contributed by atoms with Crippen LogP contribution in [0.1, 0.15) is 5.56 Å². The fourth-order valence-corrected chi connectivity index (χ4v) is 1.14. The van der Waals surface area contributed by atoms with E-state index in [-0.39, 0.29) is 0 Å². The number of nitrogens with two attached hydrogens (primary N) is 1. The van der Waals surface area contributed by atoms with Crippen molar-refractivity contribution >= 4 is 0 Å². The van der Waals surface area contributed by atoms with Crippen molar-refractivity contribution in [2.75, 3.05) is 7.11 Å². The zero-order valence-electron chi connectivity index (χ0n) is 8.79. The molecule has 0 radical (unpaired) electrons. The second-order valence-electron chi connectivity index (χ2n) is 3.08. The summed E-state index contributed by atoms with van der Waals surface area (Å²) < 4.78 is 4.91. The molecule has 0 saturated carbocycles. The number of ether oxygens (including phenoxy) is 1. The molecule has 0 amide bonds. The molecule has 0 spiro atoms. The van der Waals surface area contributed by atoms with Crippen LogP contribution in [0.25, 0.3) is 11.5 Å². The molecule has 16 heavy (non-hydrogen) atoms. The highest BCUT2D eigenvalue weighted by Gasteiger charge is 2.03. The van der Waals surface area contributed by atoms with Crippen molar-refractivity contribution in [3.63, 3.8) is 0 Å². The van der Waals surface area contributed by atoms with Crippen LogP contribution in [-0.2, 0) is 6.54 Å². The van der Waals surface area contributed by atoms with Gasteiger partial charge in [-0.1, -0.05) is 0 Å². The van der Waals surface area contributed by atoms with Gasteiger partial charge in [-0.2, -0.15) is 0 Å². The van der Waals surface area contributed by atoms with Gasteiger partial charge in [-0.15, -0.1) is 10.2 Å². The highest BCUT2D eigenvalue weighted by Crippen LogP contribution is 2.12. The van der Waals surface area contributed by atoms with E-state index in [4.69, 9.17) is 10.5 Å². The van der Waals surface area contributed by atoms with E-state index >= 15 is 0 Å². The number of aromatic nitrogens is 4. The second-order valence-corrected chi connectivity index (χ2v) is 3.08. The number of hydrogen-bond acceptors (Lipinski definition) is 6. The minimum atomic E-state index is 0.425. The van der Waals surface area contributed by atoms with Gasteiger partial charge in [0.1, 0.15) is 5.69 Å². The summed E-state index contributed by atoms with van der Waals surface area (Å²) in [4.78, 5) is 8.28. The Kier molecular flexibility index (Phi) is 3.02. The largest absolute Gasteiger partial charge is 0.480 e. The topological polar surface area (TPSA) is 86.8 Å². The molecule has 2 aromatic heterocycles. The summed E-state index contributed by atoms with van der Waals surface area (Å²) in [7, 11) is 1.54. The Morgan fingerprint density at radius 2 is 1.94 bits per heavy atom. The Bertz CT molecular complexity index is 408. The molecule has 82 valence electrons. The number of nitrogens with zero attached hydrogens (tertiary/aromatic N) is 4. The van der Waals surface area contributed by atoms with Gasteiger partial charge in [0, 0.05) is 30.6 Å². The van der Waals surface area contributed by atoms with Gasteiger partial charge in [0.25, 0.3) is 0 Å². The van der Waals surface area contributed by atoms with Crippen LogP contribution in [0.3, 0.4) is 0 Å². The molecule has 6 nitrogen and oxygen atoms in total. The first-order chi connectivity index (χ1) is 7.83. The predicted octanol–water partition coefficient (Wildman–Crippen LogP) is 0.401. The molecule has 2 aromatic rings. The molecular weight excluding hydrogens is 206 g/mol. The predicted molar refractivity (Wildman–Crippen MR) is 57.5 cm³/mol. The molecular formula is C10H11N5O. The Labute approximate surface area is 92.5 Å². The van der Waals surface area contributed by atoms with E-state index in [1.165, 1.54) is 7.11 Å². The van der Waals surface area contributed by atoms with Crippen molar-refractivity contribution in [2.45, 2.75) is 6.54 Å². The average molecular weight is 217 g/mol.